The van der Waals surface area contributed by atoms with Gasteiger partial charge in [-0.25, -0.2) is 4.39 Å². The van der Waals surface area contributed by atoms with Crippen LogP contribution in [0.3, 0.4) is 0 Å². The van der Waals surface area contributed by atoms with Crippen LogP contribution < -0.4 is 5.73 Å². The van der Waals surface area contributed by atoms with Gasteiger partial charge in [0.1, 0.15) is 5.82 Å². The Balaban J connectivity index is 2.21. The Morgan fingerprint density at radius 1 is 1.20 bits per heavy atom. The van der Waals surface area contributed by atoms with E-state index in [1.54, 1.807) is 12.3 Å². The Morgan fingerprint density at radius 3 is 2.75 bits per heavy atom. The van der Waals surface area contributed by atoms with E-state index in [2.05, 4.69) is 37.8 Å². The normalized spacial score (nSPS) is 10.7. The number of anilines is 1. The molecule has 3 aromatic rings. The van der Waals surface area contributed by atoms with E-state index in [0.29, 0.717) is 5.82 Å². The van der Waals surface area contributed by atoms with Crippen LogP contribution in [0.4, 0.5) is 10.2 Å². The highest BCUT2D eigenvalue weighted by Gasteiger charge is 2.17. The average molecular weight is 380 g/mol. The molecule has 0 aliphatic carbocycles. The summed E-state index contributed by atoms with van der Waals surface area (Å²) in [6.45, 7) is 0. The van der Waals surface area contributed by atoms with Crippen molar-refractivity contribution >= 4 is 28.4 Å². The van der Waals surface area contributed by atoms with E-state index in [4.69, 9.17) is 5.73 Å². The number of aromatic amines is 1. The number of halogens is 2. The number of aromatic nitrogens is 3. The molecule has 0 aliphatic rings. The van der Waals surface area contributed by atoms with Crippen molar-refractivity contribution in [1.29, 1.82) is 0 Å². The summed E-state index contributed by atoms with van der Waals surface area (Å²) in [5, 5.41) is 6.96. The van der Waals surface area contributed by atoms with Crippen LogP contribution in [0.1, 0.15) is 0 Å². The first-order chi connectivity index (χ1) is 9.66. The Bertz CT molecular complexity index is 755. The molecule has 6 heteroatoms. The maximum atomic E-state index is 13.2. The highest BCUT2D eigenvalue weighted by Crippen LogP contribution is 2.35. The van der Waals surface area contributed by atoms with Crippen LogP contribution in [-0.2, 0) is 0 Å². The average Bonchev–Trinajstić information content (AvgIpc) is 2.81. The molecule has 0 amide bonds. The van der Waals surface area contributed by atoms with E-state index in [1.165, 1.54) is 12.1 Å². The fourth-order valence-electron chi connectivity index (χ4n) is 2.01. The highest BCUT2D eigenvalue weighted by atomic mass is 127. The molecule has 3 rings (SSSR count). The number of rotatable bonds is 2. The molecule has 0 atom stereocenters. The SMILES string of the molecule is Nc1n[nH]c(-c2ccc(F)cc2I)c1-c1ccccn1. The van der Waals surface area contributed by atoms with Gasteiger partial charge in [0.25, 0.3) is 0 Å². The summed E-state index contributed by atoms with van der Waals surface area (Å²) >= 11 is 2.09. The van der Waals surface area contributed by atoms with Crippen molar-refractivity contribution in [3.8, 4) is 22.5 Å². The number of nitrogens with one attached hydrogen (secondary N) is 1. The summed E-state index contributed by atoms with van der Waals surface area (Å²) in [6.07, 6.45) is 1.70. The van der Waals surface area contributed by atoms with E-state index in [-0.39, 0.29) is 5.82 Å². The molecule has 0 aliphatic heterocycles. The third-order valence-corrected chi connectivity index (χ3v) is 3.81. The molecular formula is C14H10FIN4. The zero-order chi connectivity index (χ0) is 14.1. The molecule has 20 heavy (non-hydrogen) atoms. The second-order valence-corrected chi connectivity index (χ2v) is 5.36. The lowest BCUT2D eigenvalue weighted by Gasteiger charge is -2.06. The summed E-state index contributed by atoms with van der Waals surface area (Å²) in [5.74, 6) is 0.101. The molecule has 100 valence electrons. The zero-order valence-electron chi connectivity index (χ0n) is 10.3. The fourth-order valence-corrected chi connectivity index (χ4v) is 2.76. The smallest absolute Gasteiger partial charge is 0.155 e. The molecule has 2 aromatic heterocycles. The first kappa shape index (κ1) is 13.0. The van der Waals surface area contributed by atoms with Crippen molar-refractivity contribution in [1.82, 2.24) is 15.2 Å². The quantitative estimate of drug-likeness (QED) is 0.670. The molecule has 0 unspecified atom stereocenters. The number of pyridine rings is 1. The predicted molar refractivity (Wildman–Crippen MR) is 84.3 cm³/mol. The van der Waals surface area contributed by atoms with Crippen LogP contribution in [0.2, 0.25) is 0 Å². The van der Waals surface area contributed by atoms with Crippen molar-refractivity contribution in [2.24, 2.45) is 0 Å². The van der Waals surface area contributed by atoms with Gasteiger partial charge in [0.15, 0.2) is 5.82 Å². The predicted octanol–water partition coefficient (Wildman–Crippen LogP) is 3.46. The Morgan fingerprint density at radius 2 is 2.05 bits per heavy atom. The highest BCUT2D eigenvalue weighted by molar-refractivity contribution is 14.1. The number of nitrogens with zero attached hydrogens (tertiary/aromatic N) is 2. The molecule has 1 aromatic carbocycles. The van der Waals surface area contributed by atoms with Crippen molar-refractivity contribution in [3.05, 3.63) is 52.0 Å². The monoisotopic (exact) mass is 380 g/mol. The lowest BCUT2D eigenvalue weighted by molar-refractivity contribution is 0.627. The van der Waals surface area contributed by atoms with Crippen LogP contribution in [0, 0.1) is 9.39 Å². The van der Waals surface area contributed by atoms with E-state index < -0.39 is 0 Å². The minimum atomic E-state index is -0.273. The van der Waals surface area contributed by atoms with Gasteiger partial charge in [-0.3, -0.25) is 10.1 Å². The fraction of sp³-hybridized carbons (Fsp3) is 0. The lowest BCUT2D eigenvalue weighted by Crippen LogP contribution is -1.92. The number of H-pyrrole nitrogens is 1. The van der Waals surface area contributed by atoms with E-state index >= 15 is 0 Å². The number of benzene rings is 1. The molecular weight excluding hydrogens is 370 g/mol. The molecule has 0 saturated carbocycles. The van der Waals surface area contributed by atoms with E-state index in [1.807, 2.05) is 18.2 Å². The summed E-state index contributed by atoms with van der Waals surface area (Å²) in [7, 11) is 0. The lowest BCUT2D eigenvalue weighted by atomic mass is 10.0. The maximum absolute atomic E-state index is 13.2. The van der Waals surface area contributed by atoms with Crippen LogP contribution >= 0.6 is 22.6 Å². The third-order valence-electron chi connectivity index (χ3n) is 2.92. The minimum absolute atomic E-state index is 0.273. The van der Waals surface area contributed by atoms with Crippen molar-refractivity contribution in [2.75, 3.05) is 5.73 Å². The number of hydrogen-bond donors (Lipinski definition) is 2. The Hall–Kier alpha value is -1.96. The van der Waals surface area contributed by atoms with Gasteiger partial charge in [0, 0.05) is 15.3 Å². The van der Waals surface area contributed by atoms with Crippen LogP contribution in [0.25, 0.3) is 22.5 Å². The second kappa shape index (κ2) is 5.20. The van der Waals surface area contributed by atoms with Crippen LogP contribution in [0.5, 0.6) is 0 Å². The molecule has 0 spiro atoms. The van der Waals surface area contributed by atoms with Gasteiger partial charge < -0.3 is 5.73 Å². The third kappa shape index (κ3) is 2.26. The summed E-state index contributed by atoms with van der Waals surface area (Å²) in [6, 6.07) is 10.2. The van der Waals surface area contributed by atoms with E-state index in [9.17, 15) is 4.39 Å². The molecule has 0 bridgehead atoms. The summed E-state index contributed by atoms with van der Waals surface area (Å²) in [4.78, 5) is 4.30. The second-order valence-electron chi connectivity index (χ2n) is 4.20. The molecule has 2 heterocycles. The van der Waals surface area contributed by atoms with Crippen LogP contribution in [0.15, 0.2) is 42.6 Å². The maximum Gasteiger partial charge on any atom is 0.155 e. The largest absolute Gasteiger partial charge is 0.382 e. The molecule has 3 N–H and O–H groups in total. The Labute approximate surface area is 128 Å². The first-order valence-electron chi connectivity index (χ1n) is 5.87. The zero-order valence-corrected chi connectivity index (χ0v) is 12.4. The van der Waals surface area contributed by atoms with Crippen molar-refractivity contribution < 1.29 is 4.39 Å². The molecule has 0 fully saturated rings. The van der Waals surface area contributed by atoms with Gasteiger partial charge in [-0.2, -0.15) is 5.10 Å². The van der Waals surface area contributed by atoms with Gasteiger partial charge in [-0.1, -0.05) is 6.07 Å². The molecule has 0 saturated heterocycles. The number of nitrogens with two attached hydrogens (primary N) is 1. The van der Waals surface area contributed by atoms with Gasteiger partial charge in [0.2, 0.25) is 0 Å². The van der Waals surface area contributed by atoms with E-state index in [0.717, 1.165) is 26.1 Å². The minimum Gasteiger partial charge on any atom is -0.382 e. The molecule has 4 nitrogen and oxygen atoms in total. The van der Waals surface area contributed by atoms with Gasteiger partial charge >= 0.3 is 0 Å². The summed E-state index contributed by atoms with van der Waals surface area (Å²) < 4.78 is 14.0. The Kier molecular flexibility index (Phi) is 3.39. The number of hydrogen-bond acceptors (Lipinski definition) is 3. The molecule has 0 radical (unpaired) electrons. The van der Waals surface area contributed by atoms with Gasteiger partial charge in [-0.15, -0.1) is 0 Å². The van der Waals surface area contributed by atoms with Gasteiger partial charge in [0.05, 0.1) is 17.0 Å². The van der Waals surface area contributed by atoms with Crippen molar-refractivity contribution in [3.63, 3.8) is 0 Å². The standard InChI is InChI=1S/C14H10FIN4/c15-8-4-5-9(10(16)7-8)13-12(14(17)20-19-13)11-3-1-2-6-18-11/h1-7H,(H3,17,19,20). The topological polar surface area (TPSA) is 67.6 Å². The van der Waals surface area contributed by atoms with Crippen LogP contribution in [-0.4, -0.2) is 15.2 Å². The van der Waals surface area contributed by atoms with Crippen molar-refractivity contribution in [2.45, 2.75) is 0 Å². The number of nitrogen functional groups attached to an aromatic ring is 1. The van der Waals surface area contributed by atoms with Gasteiger partial charge in [-0.05, 0) is 52.9 Å². The summed E-state index contributed by atoms with van der Waals surface area (Å²) in [5.41, 5.74) is 8.98. The first-order valence-corrected chi connectivity index (χ1v) is 6.95.